The molecule has 16 rings (SSSR count). The van der Waals surface area contributed by atoms with Gasteiger partial charge in [-0.3, -0.25) is 0 Å². The minimum atomic E-state index is -0.137. The van der Waals surface area contributed by atoms with Gasteiger partial charge in [-0.2, -0.15) is 0 Å². The van der Waals surface area contributed by atoms with Crippen molar-refractivity contribution >= 4 is 0 Å². The van der Waals surface area contributed by atoms with Gasteiger partial charge < -0.3 is 18.9 Å². The maximum absolute atomic E-state index is 6.17. The standard InChI is InChI=1S/C62H76O4/c1-59(2)47-19-21-48(22-20-47)60(3,4)52-29-37-56(38-30-52)64-44-17-13-10-14-18-46-66-58-41-33-54(34-42-58)62(7,8)50-25-23-49(24-26-50)61(5,6)53-31-39-57(40-32-53)65-45-16-12-9-11-15-43-63-55-35-27-51(59)28-36-55/h19-42H,9-18,43-46H2,1-8H3. The molecule has 0 atom stereocenters. The van der Waals surface area contributed by atoms with E-state index >= 15 is 0 Å². The van der Waals surface area contributed by atoms with Gasteiger partial charge in [0.1, 0.15) is 23.0 Å². The SMILES string of the molecule is CC1(C)c2ccc(cc2)OCCCCCCCOc2ccc(cc2)C(C)(C)c2ccc(cc2)C(C)(C)c2ccc(cc2)OCCCCCCCOc2ccc(cc2)C(C)(C)c2ccc1cc2. The van der Waals surface area contributed by atoms with Crippen LogP contribution in [0.15, 0.2) is 146 Å². The van der Waals surface area contributed by atoms with Crippen LogP contribution < -0.4 is 18.9 Å². The summed E-state index contributed by atoms with van der Waals surface area (Å²) in [5, 5.41) is 0. The molecule has 0 radical (unpaired) electrons. The molecule has 0 saturated carbocycles. The second kappa shape index (κ2) is 21.9. The van der Waals surface area contributed by atoms with Crippen LogP contribution in [-0.2, 0) is 21.7 Å². The molecule has 0 aromatic heterocycles. The van der Waals surface area contributed by atoms with Crippen molar-refractivity contribution in [1.82, 2.24) is 0 Å². The fourth-order valence-electron chi connectivity index (χ4n) is 9.37. The zero-order valence-electron chi connectivity index (χ0n) is 41.4. The van der Waals surface area contributed by atoms with E-state index in [1.165, 1.54) is 57.3 Å². The number of benzene rings is 6. The minimum Gasteiger partial charge on any atom is -0.494 e. The van der Waals surface area contributed by atoms with E-state index in [2.05, 4.69) is 201 Å². The predicted molar refractivity (Wildman–Crippen MR) is 275 cm³/mol. The molecule has 0 unspecified atom stereocenters. The average Bonchev–Trinajstić information content (AvgIpc) is 3.33. The van der Waals surface area contributed by atoms with Gasteiger partial charge in [0.05, 0.1) is 26.4 Å². The van der Waals surface area contributed by atoms with Crippen LogP contribution in [0.5, 0.6) is 23.0 Å². The minimum absolute atomic E-state index is 0.137. The Bertz CT molecular complexity index is 2030. The zero-order chi connectivity index (χ0) is 46.6. The fourth-order valence-corrected chi connectivity index (χ4v) is 9.37. The van der Waals surface area contributed by atoms with Crippen molar-refractivity contribution in [2.24, 2.45) is 0 Å². The van der Waals surface area contributed by atoms with E-state index < -0.39 is 0 Å². The maximum atomic E-state index is 6.17. The first kappa shape index (κ1) is 48.5. The smallest absolute Gasteiger partial charge is 0.119 e. The Balaban J connectivity index is 0.964. The highest BCUT2D eigenvalue weighted by molar-refractivity contribution is 5.47. The molecule has 10 aliphatic heterocycles. The van der Waals surface area contributed by atoms with Crippen molar-refractivity contribution in [1.29, 1.82) is 0 Å². The molecule has 12 bridgehead atoms. The molecule has 348 valence electrons. The van der Waals surface area contributed by atoms with Crippen molar-refractivity contribution in [3.05, 3.63) is 190 Å². The molecule has 0 spiro atoms. The second-order valence-electron chi connectivity index (χ2n) is 20.7. The number of ether oxygens (including phenoxy) is 4. The van der Waals surface area contributed by atoms with Gasteiger partial charge in [-0.15, -0.1) is 0 Å². The van der Waals surface area contributed by atoms with Crippen LogP contribution in [0.25, 0.3) is 0 Å². The summed E-state index contributed by atoms with van der Waals surface area (Å²) in [7, 11) is 0. The first-order chi connectivity index (χ1) is 31.7. The van der Waals surface area contributed by atoms with Crippen LogP contribution in [0.1, 0.15) is 164 Å². The van der Waals surface area contributed by atoms with Crippen molar-refractivity contribution in [2.75, 3.05) is 26.4 Å². The van der Waals surface area contributed by atoms with Crippen molar-refractivity contribution in [3.63, 3.8) is 0 Å². The Morgan fingerprint density at radius 3 is 0.515 bits per heavy atom. The van der Waals surface area contributed by atoms with Gasteiger partial charge in [-0.1, -0.05) is 191 Å². The Morgan fingerprint density at radius 1 is 0.212 bits per heavy atom. The lowest BCUT2D eigenvalue weighted by Crippen LogP contribution is -2.21. The summed E-state index contributed by atoms with van der Waals surface area (Å²) >= 11 is 0. The van der Waals surface area contributed by atoms with E-state index in [9.17, 15) is 0 Å². The lowest BCUT2D eigenvalue weighted by Gasteiger charge is -2.29. The van der Waals surface area contributed by atoms with Crippen molar-refractivity contribution in [3.8, 4) is 23.0 Å². The van der Waals surface area contributed by atoms with Crippen LogP contribution in [0.2, 0.25) is 0 Å². The third kappa shape index (κ3) is 12.1. The Labute approximate surface area is 398 Å². The first-order valence-corrected chi connectivity index (χ1v) is 24.9. The molecule has 0 fully saturated rings. The van der Waals surface area contributed by atoms with E-state index in [0.29, 0.717) is 0 Å². The third-order valence-corrected chi connectivity index (χ3v) is 14.6. The van der Waals surface area contributed by atoms with E-state index in [1.54, 1.807) is 0 Å². The van der Waals surface area contributed by atoms with Gasteiger partial charge in [-0.05, 0) is 119 Å². The van der Waals surface area contributed by atoms with E-state index in [-0.39, 0.29) is 21.7 Å². The lowest BCUT2D eigenvalue weighted by molar-refractivity contribution is 0.293. The van der Waals surface area contributed by atoms with Gasteiger partial charge in [0, 0.05) is 21.7 Å². The summed E-state index contributed by atoms with van der Waals surface area (Å²) < 4.78 is 24.7. The van der Waals surface area contributed by atoms with Crippen LogP contribution >= 0.6 is 0 Å². The second-order valence-corrected chi connectivity index (χ2v) is 20.7. The van der Waals surface area contributed by atoms with Crippen LogP contribution in [0.4, 0.5) is 0 Å². The van der Waals surface area contributed by atoms with Crippen molar-refractivity contribution < 1.29 is 18.9 Å². The maximum Gasteiger partial charge on any atom is 0.119 e. The van der Waals surface area contributed by atoms with E-state index in [1.807, 2.05) is 0 Å². The van der Waals surface area contributed by atoms with Crippen LogP contribution in [0, 0.1) is 0 Å². The van der Waals surface area contributed by atoms with E-state index in [0.717, 1.165) is 101 Å². The summed E-state index contributed by atoms with van der Waals surface area (Å²) in [5.74, 6) is 3.75. The monoisotopic (exact) mass is 885 g/mol. The lowest BCUT2D eigenvalue weighted by atomic mass is 9.74. The third-order valence-electron chi connectivity index (χ3n) is 14.6. The molecule has 0 amide bonds. The molecule has 0 N–H and O–H groups in total. The summed E-state index contributed by atoms with van der Waals surface area (Å²) in [6.07, 6.45) is 11.2. The highest BCUT2D eigenvalue weighted by Gasteiger charge is 2.28. The van der Waals surface area contributed by atoms with E-state index in [4.69, 9.17) is 18.9 Å². The molecular formula is C62H76O4. The summed E-state index contributed by atoms with van der Waals surface area (Å²) in [6.45, 7) is 21.4. The molecule has 6 aromatic carbocycles. The molecule has 0 aliphatic carbocycles. The van der Waals surface area contributed by atoms with Gasteiger partial charge in [-0.25, -0.2) is 0 Å². The molecule has 4 nitrogen and oxygen atoms in total. The number of hydrogen-bond donors (Lipinski definition) is 0. The van der Waals surface area contributed by atoms with Crippen LogP contribution in [-0.4, -0.2) is 26.4 Å². The molecule has 6 aromatic rings. The molecular weight excluding hydrogens is 809 g/mol. The quantitative estimate of drug-likeness (QED) is 0.152. The predicted octanol–water partition coefficient (Wildman–Crippen LogP) is 16.1. The number of rotatable bonds is 0. The molecule has 10 heterocycles. The summed E-state index contributed by atoms with van der Waals surface area (Å²) in [4.78, 5) is 0. The highest BCUT2D eigenvalue weighted by atomic mass is 16.5. The van der Waals surface area contributed by atoms with Gasteiger partial charge in [0.15, 0.2) is 0 Å². The normalized spacial score (nSPS) is 18.4. The van der Waals surface area contributed by atoms with Gasteiger partial charge in [0.2, 0.25) is 0 Å². The summed E-state index contributed by atoms with van der Waals surface area (Å²) in [5.41, 5.74) is 9.76. The zero-order valence-corrected chi connectivity index (χ0v) is 41.4. The topological polar surface area (TPSA) is 36.9 Å². The Hall–Kier alpha value is -5.48. The molecule has 4 heteroatoms. The summed E-state index contributed by atoms with van der Waals surface area (Å²) in [6, 6.07) is 53.2. The first-order valence-electron chi connectivity index (χ1n) is 24.9. The molecule has 10 aliphatic rings. The molecule has 0 saturated heterocycles. The van der Waals surface area contributed by atoms with Crippen molar-refractivity contribution in [2.45, 2.75) is 141 Å². The largest absolute Gasteiger partial charge is 0.494 e. The highest BCUT2D eigenvalue weighted by Crippen LogP contribution is 2.39. The number of hydrogen-bond acceptors (Lipinski definition) is 4. The molecule has 66 heavy (non-hydrogen) atoms. The fraction of sp³-hybridized carbons (Fsp3) is 0.419. The average molecular weight is 885 g/mol. The van der Waals surface area contributed by atoms with Gasteiger partial charge in [0.25, 0.3) is 0 Å². The van der Waals surface area contributed by atoms with Crippen LogP contribution in [0.3, 0.4) is 0 Å². The Morgan fingerprint density at radius 2 is 0.348 bits per heavy atom. The Kier molecular flexibility index (Phi) is 16.1. The van der Waals surface area contributed by atoms with Gasteiger partial charge >= 0.3 is 0 Å².